The van der Waals surface area contributed by atoms with Gasteiger partial charge in [0.25, 0.3) is 0 Å². The van der Waals surface area contributed by atoms with Gasteiger partial charge in [0.1, 0.15) is 6.04 Å². The molecule has 1 aliphatic heterocycles. The van der Waals surface area contributed by atoms with E-state index in [4.69, 9.17) is 5.11 Å². The van der Waals surface area contributed by atoms with Crippen LogP contribution in [0, 0.1) is 0 Å². The number of carboxylic acid groups (broad SMARTS) is 1. The largest absolute Gasteiger partial charge is 0.478 e. The summed E-state index contributed by atoms with van der Waals surface area (Å²) in [6.45, 7) is 4.50. The van der Waals surface area contributed by atoms with E-state index < -0.39 is 12.0 Å². The van der Waals surface area contributed by atoms with Crippen LogP contribution in [0.5, 0.6) is 0 Å². The van der Waals surface area contributed by atoms with Gasteiger partial charge in [-0.15, -0.1) is 0 Å². The molecule has 118 valence electrons. The Morgan fingerprint density at radius 3 is 2.64 bits per heavy atom. The summed E-state index contributed by atoms with van der Waals surface area (Å²) in [6, 6.07) is 5.99. The summed E-state index contributed by atoms with van der Waals surface area (Å²) in [6.07, 6.45) is 0.539. The van der Waals surface area contributed by atoms with Gasteiger partial charge in [0.15, 0.2) is 0 Å². The Hall–Kier alpha value is -2.37. The first-order valence-corrected chi connectivity index (χ1v) is 7.31. The SMILES string of the molecule is CC(C)N1CCC(NC(=O)Cc2ccccc2C(=O)O)C1=O. The molecule has 2 rings (SSSR count). The molecule has 22 heavy (non-hydrogen) atoms. The van der Waals surface area contributed by atoms with Gasteiger partial charge in [0.2, 0.25) is 11.8 Å². The van der Waals surface area contributed by atoms with Crippen molar-refractivity contribution < 1.29 is 19.5 Å². The fourth-order valence-electron chi connectivity index (χ4n) is 2.65. The van der Waals surface area contributed by atoms with Gasteiger partial charge in [-0.05, 0) is 31.9 Å². The second-order valence-corrected chi connectivity index (χ2v) is 5.67. The second kappa shape index (κ2) is 6.60. The monoisotopic (exact) mass is 304 g/mol. The maximum Gasteiger partial charge on any atom is 0.335 e. The predicted molar refractivity (Wildman–Crippen MR) is 80.5 cm³/mol. The maximum absolute atomic E-state index is 12.1. The molecule has 0 aliphatic carbocycles. The van der Waals surface area contributed by atoms with Crippen molar-refractivity contribution in [2.24, 2.45) is 0 Å². The zero-order valence-electron chi connectivity index (χ0n) is 12.7. The number of aromatic carboxylic acids is 1. The lowest BCUT2D eigenvalue weighted by Crippen LogP contribution is -2.43. The molecule has 0 radical (unpaired) electrons. The van der Waals surface area contributed by atoms with Crippen LogP contribution in [0.15, 0.2) is 24.3 Å². The van der Waals surface area contributed by atoms with Crippen LogP contribution in [0.3, 0.4) is 0 Å². The van der Waals surface area contributed by atoms with Crippen molar-refractivity contribution in [3.63, 3.8) is 0 Å². The molecular weight excluding hydrogens is 284 g/mol. The van der Waals surface area contributed by atoms with Crippen LogP contribution in [-0.4, -0.2) is 46.4 Å². The zero-order chi connectivity index (χ0) is 16.3. The summed E-state index contributed by atoms with van der Waals surface area (Å²) < 4.78 is 0. The Balaban J connectivity index is 2.00. The van der Waals surface area contributed by atoms with Gasteiger partial charge in [-0.25, -0.2) is 4.79 Å². The third-order valence-electron chi connectivity index (χ3n) is 3.80. The van der Waals surface area contributed by atoms with Crippen molar-refractivity contribution in [2.75, 3.05) is 6.54 Å². The quantitative estimate of drug-likeness (QED) is 0.851. The highest BCUT2D eigenvalue weighted by Crippen LogP contribution is 2.15. The van der Waals surface area contributed by atoms with E-state index in [2.05, 4.69) is 5.32 Å². The molecule has 2 amide bonds. The standard InChI is InChI=1S/C16H20N2O4/c1-10(2)18-8-7-13(15(18)20)17-14(19)9-11-5-3-4-6-12(11)16(21)22/h3-6,10,13H,7-9H2,1-2H3,(H,17,19)(H,21,22). The minimum atomic E-state index is -1.06. The molecule has 1 fully saturated rings. The van der Waals surface area contributed by atoms with Crippen molar-refractivity contribution in [3.8, 4) is 0 Å². The number of hydrogen-bond donors (Lipinski definition) is 2. The molecule has 1 atom stereocenters. The Kier molecular flexibility index (Phi) is 4.80. The molecule has 1 saturated heterocycles. The Morgan fingerprint density at radius 1 is 1.36 bits per heavy atom. The summed E-state index contributed by atoms with van der Waals surface area (Å²) in [5.41, 5.74) is 0.554. The molecule has 1 unspecified atom stereocenters. The van der Waals surface area contributed by atoms with Crippen LogP contribution in [0.1, 0.15) is 36.2 Å². The third-order valence-corrected chi connectivity index (χ3v) is 3.80. The molecule has 1 aromatic rings. The topological polar surface area (TPSA) is 86.7 Å². The van der Waals surface area contributed by atoms with Gasteiger partial charge >= 0.3 is 5.97 Å². The van der Waals surface area contributed by atoms with Gasteiger partial charge in [0, 0.05) is 12.6 Å². The smallest absolute Gasteiger partial charge is 0.335 e. The lowest BCUT2D eigenvalue weighted by atomic mass is 10.0. The second-order valence-electron chi connectivity index (χ2n) is 5.67. The molecular formula is C16H20N2O4. The van der Waals surface area contributed by atoms with Crippen LogP contribution >= 0.6 is 0 Å². The summed E-state index contributed by atoms with van der Waals surface area (Å²) in [5.74, 6) is -1.47. The lowest BCUT2D eigenvalue weighted by molar-refractivity contribution is -0.133. The van der Waals surface area contributed by atoms with Crippen molar-refractivity contribution in [3.05, 3.63) is 35.4 Å². The van der Waals surface area contributed by atoms with E-state index in [9.17, 15) is 14.4 Å². The zero-order valence-corrected chi connectivity index (χ0v) is 12.7. The first kappa shape index (κ1) is 16.0. The molecule has 0 aromatic heterocycles. The Bertz CT molecular complexity index is 598. The van der Waals surface area contributed by atoms with Crippen molar-refractivity contribution >= 4 is 17.8 Å². The van der Waals surface area contributed by atoms with E-state index in [1.54, 1.807) is 23.1 Å². The van der Waals surface area contributed by atoms with Crippen molar-refractivity contribution in [1.29, 1.82) is 0 Å². The van der Waals surface area contributed by atoms with E-state index in [1.165, 1.54) is 6.07 Å². The Labute approximate surface area is 129 Å². The highest BCUT2D eigenvalue weighted by molar-refractivity contribution is 5.93. The number of rotatable bonds is 5. The highest BCUT2D eigenvalue weighted by atomic mass is 16.4. The molecule has 0 bridgehead atoms. The predicted octanol–water partition coefficient (Wildman–Crippen LogP) is 1.05. The number of amides is 2. The van der Waals surface area contributed by atoms with E-state index in [-0.39, 0.29) is 29.8 Å². The van der Waals surface area contributed by atoms with Crippen LogP contribution in [0.25, 0.3) is 0 Å². The molecule has 0 saturated carbocycles. The highest BCUT2D eigenvalue weighted by Gasteiger charge is 2.33. The van der Waals surface area contributed by atoms with Gasteiger partial charge in [-0.3, -0.25) is 9.59 Å². The van der Waals surface area contributed by atoms with Crippen molar-refractivity contribution in [1.82, 2.24) is 10.2 Å². The number of hydrogen-bond acceptors (Lipinski definition) is 3. The van der Waals surface area contributed by atoms with E-state index >= 15 is 0 Å². The number of benzene rings is 1. The molecule has 1 aromatic carbocycles. The lowest BCUT2D eigenvalue weighted by Gasteiger charge is -2.21. The van der Waals surface area contributed by atoms with Gasteiger partial charge in [-0.2, -0.15) is 0 Å². The molecule has 2 N–H and O–H groups in total. The average Bonchev–Trinajstić information content (AvgIpc) is 2.80. The minimum absolute atomic E-state index is 0.0477. The van der Waals surface area contributed by atoms with Gasteiger partial charge in [-0.1, -0.05) is 18.2 Å². The van der Waals surface area contributed by atoms with E-state index in [0.717, 1.165) is 0 Å². The average molecular weight is 304 g/mol. The molecule has 6 nitrogen and oxygen atoms in total. The summed E-state index contributed by atoms with van der Waals surface area (Å²) in [5, 5.41) is 11.8. The van der Waals surface area contributed by atoms with Crippen LogP contribution in [0.4, 0.5) is 0 Å². The summed E-state index contributed by atoms with van der Waals surface area (Å²) in [4.78, 5) is 37.1. The van der Waals surface area contributed by atoms with Crippen LogP contribution in [0.2, 0.25) is 0 Å². The number of likely N-dealkylation sites (tertiary alicyclic amines) is 1. The maximum atomic E-state index is 12.1. The number of nitrogens with zero attached hydrogens (tertiary/aromatic N) is 1. The number of carboxylic acids is 1. The number of carbonyl (C=O) groups is 3. The fraction of sp³-hybridized carbons (Fsp3) is 0.438. The Morgan fingerprint density at radius 2 is 2.05 bits per heavy atom. The molecule has 1 heterocycles. The third kappa shape index (κ3) is 3.44. The number of carbonyl (C=O) groups excluding carboxylic acids is 2. The van der Waals surface area contributed by atoms with Crippen LogP contribution in [-0.2, 0) is 16.0 Å². The first-order chi connectivity index (χ1) is 10.4. The van der Waals surface area contributed by atoms with Crippen molar-refractivity contribution in [2.45, 2.75) is 38.8 Å². The van der Waals surface area contributed by atoms with Gasteiger partial charge in [0.05, 0.1) is 12.0 Å². The van der Waals surface area contributed by atoms with Crippen LogP contribution < -0.4 is 5.32 Å². The molecule has 6 heteroatoms. The summed E-state index contributed by atoms with van der Waals surface area (Å²) >= 11 is 0. The van der Waals surface area contributed by atoms with Gasteiger partial charge < -0.3 is 15.3 Å². The first-order valence-electron chi connectivity index (χ1n) is 7.31. The number of nitrogens with one attached hydrogen (secondary N) is 1. The van der Waals surface area contributed by atoms with E-state index in [0.29, 0.717) is 18.5 Å². The normalized spacial score (nSPS) is 17.9. The minimum Gasteiger partial charge on any atom is -0.478 e. The van der Waals surface area contributed by atoms with E-state index in [1.807, 2.05) is 13.8 Å². The molecule has 0 spiro atoms. The fourth-order valence-corrected chi connectivity index (χ4v) is 2.65. The molecule has 1 aliphatic rings. The summed E-state index contributed by atoms with van der Waals surface area (Å²) in [7, 11) is 0.